The van der Waals surface area contributed by atoms with E-state index in [2.05, 4.69) is 20.5 Å². The van der Waals surface area contributed by atoms with Gasteiger partial charge in [-0.15, -0.1) is 11.3 Å². The molecule has 8 heteroatoms. The van der Waals surface area contributed by atoms with E-state index in [-0.39, 0.29) is 5.91 Å². The van der Waals surface area contributed by atoms with E-state index in [0.29, 0.717) is 30.3 Å². The molecule has 0 saturated carbocycles. The Bertz CT molecular complexity index is 1150. The molecular formula is C23H23N5O2S. The van der Waals surface area contributed by atoms with Gasteiger partial charge in [0.25, 0.3) is 5.91 Å². The predicted molar refractivity (Wildman–Crippen MR) is 121 cm³/mol. The van der Waals surface area contributed by atoms with Gasteiger partial charge < -0.3 is 10.1 Å². The second-order valence-electron chi connectivity index (χ2n) is 6.82. The standard InChI is InChI=1S/C23H23N5O2S/c1-3-19-20(31-23(27-19)16-8-10-18(11-9-16)30-4-2)22(29)24-13-15-6-5-7-17(12-15)21-25-14-26-28-21/h5-12,14H,3-4,13H2,1-2H3,(H,24,29)(H,25,26,28). The van der Waals surface area contributed by atoms with E-state index in [9.17, 15) is 4.79 Å². The zero-order valence-corrected chi connectivity index (χ0v) is 18.2. The molecule has 0 saturated heterocycles. The highest BCUT2D eigenvalue weighted by Gasteiger charge is 2.18. The van der Waals surface area contributed by atoms with Crippen molar-refractivity contribution in [2.45, 2.75) is 26.8 Å². The van der Waals surface area contributed by atoms with Crippen molar-refractivity contribution in [3.8, 4) is 27.7 Å². The van der Waals surface area contributed by atoms with Gasteiger partial charge in [-0.05, 0) is 49.2 Å². The minimum Gasteiger partial charge on any atom is -0.494 e. The summed E-state index contributed by atoms with van der Waals surface area (Å²) in [6, 6.07) is 15.6. The molecule has 31 heavy (non-hydrogen) atoms. The minimum atomic E-state index is -0.114. The van der Waals surface area contributed by atoms with Gasteiger partial charge in [-0.3, -0.25) is 9.89 Å². The Kier molecular flexibility index (Phi) is 6.37. The number of ether oxygens (including phenoxy) is 1. The maximum atomic E-state index is 12.9. The fraction of sp³-hybridized carbons (Fsp3) is 0.217. The van der Waals surface area contributed by atoms with Crippen LogP contribution in [0.2, 0.25) is 0 Å². The smallest absolute Gasteiger partial charge is 0.263 e. The first kappa shape index (κ1) is 20.7. The van der Waals surface area contributed by atoms with E-state index < -0.39 is 0 Å². The lowest BCUT2D eigenvalue weighted by Crippen LogP contribution is -2.22. The summed E-state index contributed by atoms with van der Waals surface area (Å²) in [5.41, 5.74) is 3.69. The molecule has 2 aromatic heterocycles. The van der Waals surface area contributed by atoms with Crippen molar-refractivity contribution in [1.82, 2.24) is 25.5 Å². The SMILES string of the molecule is CCOc1ccc(-c2nc(CC)c(C(=O)NCc3cccc(-c4ncn[nH]4)c3)s2)cc1. The van der Waals surface area contributed by atoms with Crippen LogP contribution in [0.5, 0.6) is 5.75 Å². The third-order valence-corrected chi connectivity index (χ3v) is 5.86. The molecule has 158 valence electrons. The lowest BCUT2D eigenvalue weighted by atomic mass is 10.1. The van der Waals surface area contributed by atoms with Crippen LogP contribution in [0, 0.1) is 0 Å². The number of amides is 1. The number of thiazole rings is 1. The van der Waals surface area contributed by atoms with Crippen LogP contribution in [0.3, 0.4) is 0 Å². The highest BCUT2D eigenvalue weighted by Crippen LogP contribution is 2.30. The number of carbonyl (C=O) groups is 1. The van der Waals surface area contributed by atoms with Crippen molar-refractivity contribution in [3.63, 3.8) is 0 Å². The number of benzene rings is 2. The summed E-state index contributed by atoms with van der Waals surface area (Å²) in [6.07, 6.45) is 2.17. The average molecular weight is 434 g/mol. The summed E-state index contributed by atoms with van der Waals surface area (Å²) in [4.78, 5) is 22.4. The molecule has 4 aromatic rings. The van der Waals surface area contributed by atoms with Crippen molar-refractivity contribution in [2.24, 2.45) is 0 Å². The van der Waals surface area contributed by atoms with E-state index in [0.717, 1.165) is 33.1 Å². The van der Waals surface area contributed by atoms with Gasteiger partial charge in [0.2, 0.25) is 0 Å². The van der Waals surface area contributed by atoms with Crippen molar-refractivity contribution >= 4 is 17.2 Å². The molecule has 2 heterocycles. The third kappa shape index (κ3) is 4.80. The second-order valence-corrected chi connectivity index (χ2v) is 7.82. The fourth-order valence-electron chi connectivity index (χ4n) is 3.19. The number of H-pyrrole nitrogens is 1. The van der Waals surface area contributed by atoms with Crippen molar-refractivity contribution in [3.05, 3.63) is 71.0 Å². The summed E-state index contributed by atoms with van der Waals surface area (Å²) >= 11 is 1.41. The van der Waals surface area contributed by atoms with E-state index in [1.54, 1.807) is 0 Å². The largest absolute Gasteiger partial charge is 0.494 e. The number of nitrogens with one attached hydrogen (secondary N) is 2. The lowest BCUT2D eigenvalue weighted by molar-refractivity contribution is 0.0954. The highest BCUT2D eigenvalue weighted by molar-refractivity contribution is 7.17. The Hall–Kier alpha value is -3.52. The van der Waals surface area contributed by atoms with E-state index >= 15 is 0 Å². The van der Waals surface area contributed by atoms with Crippen molar-refractivity contribution in [2.75, 3.05) is 6.61 Å². The van der Waals surface area contributed by atoms with Gasteiger partial charge in [0, 0.05) is 17.7 Å². The molecule has 0 radical (unpaired) electrons. The zero-order valence-electron chi connectivity index (χ0n) is 17.4. The molecule has 0 spiro atoms. The first-order chi connectivity index (χ1) is 15.2. The molecule has 0 bridgehead atoms. The maximum absolute atomic E-state index is 12.9. The molecule has 7 nitrogen and oxygen atoms in total. The Morgan fingerprint density at radius 3 is 2.68 bits per heavy atom. The molecule has 0 aliphatic carbocycles. The van der Waals surface area contributed by atoms with Crippen LogP contribution in [0.1, 0.15) is 34.8 Å². The highest BCUT2D eigenvalue weighted by atomic mass is 32.1. The number of hydrogen-bond donors (Lipinski definition) is 2. The number of aryl methyl sites for hydroxylation is 1. The Balaban J connectivity index is 1.48. The average Bonchev–Trinajstić information content (AvgIpc) is 3.49. The van der Waals surface area contributed by atoms with Crippen LogP contribution in [0.4, 0.5) is 0 Å². The van der Waals surface area contributed by atoms with E-state index in [1.165, 1.54) is 17.7 Å². The fourth-order valence-corrected chi connectivity index (χ4v) is 4.26. The molecule has 4 rings (SSSR count). The summed E-state index contributed by atoms with van der Waals surface area (Å²) in [5, 5.41) is 10.6. The zero-order chi connectivity index (χ0) is 21.6. The summed E-state index contributed by atoms with van der Waals surface area (Å²) < 4.78 is 5.50. The normalized spacial score (nSPS) is 10.8. The number of carbonyl (C=O) groups excluding carboxylic acids is 1. The summed E-state index contributed by atoms with van der Waals surface area (Å²) in [5.74, 6) is 1.41. The lowest BCUT2D eigenvalue weighted by Gasteiger charge is -2.06. The molecule has 0 unspecified atom stereocenters. The minimum absolute atomic E-state index is 0.114. The molecule has 0 atom stereocenters. The monoisotopic (exact) mass is 433 g/mol. The van der Waals surface area contributed by atoms with Crippen LogP contribution >= 0.6 is 11.3 Å². The Morgan fingerprint density at radius 1 is 1.13 bits per heavy atom. The topological polar surface area (TPSA) is 92.8 Å². The predicted octanol–water partition coefficient (Wildman–Crippen LogP) is 4.49. The summed E-state index contributed by atoms with van der Waals surface area (Å²) in [6.45, 7) is 5.01. The number of aromatic nitrogens is 4. The number of aromatic amines is 1. The quantitative estimate of drug-likeness (QED) is 0.427. The van der Waals surface area contributed by atoms with Gasteiger partial charge in [-0.25, -0.2) is 9.97 Å². The molecule has 0 aliphatic rings. The van der Waals surface area contributed by atoms with Crippen molar-refractivity contribution < 1.29 is 9.53 Å². The van der Waals surface area contributed by atoms with Gasteiger partial charge in [0.1, 0.15) is 22.0 Å². The van der Waals surface area contributed by atoms with Crippen LogP contribution < -0.4 is 10.1 Å². The number of rotatable bonds is 8. The van der Waals surface area contributed by atoms with Gasteiger partial charge in [0.15, 0.2) is 5.82 Å². The molecule has 1 amide bonds. The van der Waals surface area contributed by atoms with Crippen molar-refractivity contribution in [1.29, 1.82) is 0 Å². The van der Waals surface area contributed by atoms with Gasteiger partial charge in [-0.2, -0.15) is 5.10 Å². The van der Waals surface area contributed by atoms with Gasteiger partial charge in [-0.1, -0.05) is 25.1 Å². The van der Waals surface area contributed by atoms with Crippen LogP contribution in [-0.4, -0.2) is 32.7 Å². The van der Waals surface area contributed by atoms with Gasteiger partial charge >= 0.3 is 0 Å². The van der Waals surface area contributed by atoms with Crippen LogP contribution in [-0.2, 0) is 13.0 Å². The molecule has 2 aromatic carbocycles. The van der Waals surface area contributed by atoms with E-state index in [1.807, 2.05) is 62.4 Å². The molecule has 0 fully saturated rings. The molecule has 2 N–H and O–H groups in total. The van der Waals surface area contributed by atoms with Crippen LogP contribution in [0.25, 0.3) is 22.0 Å². The van der Waals surface area contributed by atoms with Gasteiger partial charge in [0.05, 0.1) is 12.3 Å². The molecule has 0 aliphatic heterocycles. The first-order valence-electron chi connectivity index (χ1n) is 10.1. The van der Waals surface area contributed by atoms with E-state index in [4.69, 9.17) is 9.72 Å². The summed E-state index contributed by atoms with van der Waals surface area (Å²) in [7, 11) is 0. The second kappa shape index (κ2) is 9.53. The molecular weight excluding hydrogens is 410 g/mol. The Labute approximate surface area is 184 Å². The number of nitrogens with zero attached hydrogens (tertiary/aromatic N) is 3. The Morgan fingerprint density at radius 2 is 1.97 bits per heavy atom. The maximum Gasteiger partial charge on any atom is 0.263 e. The number of hydrogen-bond acceptors (Lipinski definition) is 6. The van der Waals surface area contributed by atoms with Crippen LogP contribution in [0.15, 0.2) is 54.9 Å². The third-order valence-electron chi connectivity index (χ3n) is 4.72. The first-order valence-corrected chi connectivity index (χ1v) is 11.0.